The molecule has 56 valence electrons. The van der Waals surface area contributed by atoms with E-state index in [-0.39, 0.29) is 50.9 Å². The monoisotopic (exact) mass is 330 g/mol. The fraction of sp³-hybridized carbons (Fsp3) is 1.00. The van der Waals surface area contributed by atoms with E-state index in [1.165, 1.54) is 0 Å². The van der Waals surface area contributed by atoms with Gasteiger partial charge in [-0.25, -0.2) is 0 Å². The molecule has 0 aromatic carbocycles. The number of hydrogen-bond donors (Lipinski definition) is 0. The van der Waals surface area contributed by atoms with E-state index in [4.69, 9.17) is 4.43 Å². The number of hydrogen-bond acceptors (Lipinski definition) is 1. The van der Waals surface area contributed by atoms with Gasteiger partial charge < -0.3 is 4.43 Å². The summed E-state index contributed by atoms with van der Waals surface area (Å²) in [4.78, 5) is 0. The molecule has 0 spiro atoms. The molecule has 0 aliphatic rings. The highest BCUT2D eigenvalue weighted by molar-refractivity contribution is 8.93. The molecule has 1 nitrogen and oxygen atoms in total. The first-order valence-electron chi connectivity index (χ1n) is 1.90. The van der Waals surface area contributed by atoms with Crippen molar-refractivity contribution in [2.75, 3.05) is 6.61 Å². The molecular formula is C3H13Br3OSi. The van der Waals surface area contributed by atoms with Crippen LogP contribution in [0.4, 0.5) is 0 Å². The second-order valence-electron chi connectivity index (χ2n) is 0.993. The molecule has 0 rings (SSSR count). The third-order valence-electron chi connectivity index (χ3n) is 0.408. The van der Waals surface area contributed by atoms with Gasteiger partial charge in [-0.3, -0.25) is 0 Å². The topological polar surface area (TPSA) is 9.23 Å². The fourth-order valence-corrected chi connectivity index (χ4v) is 0.612. The van der Waals surface area contributed by atoms with Gasteiger partial charge in [0.15, 0.2) is 0 Å². The fourth-order valence-electron chi connectivity index (χ4n) is 0.204. The summed E-state index contributed by atoms with van der Waals surface area (Å²) in [7, 11) is 0.899. The van der Waals surface area contributed by atoms with Crippen LogP contribution in [0.5, 0.6) is 0 Å². The van der Waals surface area contributed by atoms with Crippen molar-refractivity contribution >= 4 is 61.4 Å². The third-order valence-corrected chi connectivity index (χ3v) is 0.816. The molecule has 0 atom stereocenters. The summed E-state index contributed by atoms with van der Waals surface area (Å²) >= 11 is 0. The van der Waals surface area contributed by atoms with Crippen LogP contribution in [0.1, 0.15) is 13.3 Å². The summed E-state index contributed by atoms with van der Waals surface area (Å²) in [5.74, 6) is 0. The van der Waals surface area contributed by atoms with Crippen molar-refractivity contribution in [3.63, 3.8) is 0 Å². The minimum absolute atomic E-state index is 0. The summed E-state index contributed by atoms with van der Waals surface area (Å²) in [6, 6.07) is 0. The van der Waals surface area contributed by atoms with Crippen molar-refractivity contribution in [3.05, 3.63) is 0 Å². The Morgan fingerprint density at radius 3 is 1.62 bits per heavy atom. The number of rotatable bonds is 2. The van der Waals surface area contributed by atoms with Crippen LogP contribution in [0.2, 0.25) is 0 Å². The van der Waals surface area contributed by atoms with Gasteiger partial charge in [0.05, 0.1) is 0 Å². The second kappa shape index (κ2) is 23.5. The Morgan fingerprint density at radius 2 is 1.62 bits per heavy atom. The van der Waals surface area contributed by atoms with Crippen LogP contribution < -0.4 is 0 Å². The van der Waals surface area contributed by atoms with Crippen LogP contribution in [0.25, 0.3) is 0 Å². The molecule has 0 heterocycles. The summed E-state index contributed by atoms with van der Waals surface area (Å²) in [5, 5.41) is 0. The van der Waals surface area contributed by atoms with Crippen LogP contribution in [-0.4, -0.2) is 17.1 Å². The molecule has 0 aromatic heterocycles. The molecule has 0 saturated heterocycles. The zero-order valence-electron chi connectivity index (χ0n) is 5.05. The van der Waals surface area contributed by atoms with Crippen LogP contribution in [0.3, 0.4) is 0 Å². The molecule has 0 bridgehead atoms. The van der Waals surface area contributed by atoms with E-state index in [9.17, 15) is 0 Å². The van der Waals surface area contributed by atoms with Gasteiger partial charge in [0.1, 0.15) is 10.5 Å². The minimum atomic E-state index is 0. The van der Waals surface area contributed by atoms with Crippen molar-refractivity contribution in [1.29, 1.82) is 0 Å². The molecule has 5 heteroatoms. The first-order valence-corrected chi connectivity index (χ1v) is 2.72. The molecular weight excluding hydrogens is 320 g/mol. The van der Waals surface area contributed by atoms with E-state index < -0.39 is 0 Å². The van der Waals surface area contributed by atoms with Gasteiger partial charge in [0, 0.05) is 6.61 Å². The largest absolute Gasteiger partial charge is 0.428 e. The Hall–Kier alpha value is 1.62. The molecule has 0 radical (unpaired) electrons. The van der Waals surface area contributed by atoms with Crippen molar-refractivity contribution < 1.29 is 4.43 Å². The minimum Gasteiger partial charge on any atom is -0.428 e. The molecule has 0 amide bonds. The quantitative estimate of drug-likeness (QED) is 0.695. The average molecular weight is 333 g/mol. The van der Waals surface area contributed by atoms with Gasteiger partial charge in [-0.15, -0.1) is 50.9 Å². The first-order chi connectivity index (χ1) is 2.41. The lowest BCUT2D eigenvalue weighted by molar-refractivity contribution is 0.349. The predicted octanol–water partition coefficient (Wildman–Crippen LogP) is 1.43. The maximum atomic E-state index is 4.83. The van der Waals surface area contributed by atoms with E-state index in [1.54, 1.807) is 0 Å². The zero-order valence-corrected chi connectivity index (χ0v) is 12.2. The highest BCUT2D eigenvalue weighted by Gasteiger charge is 1.65. The number of halogens is 3. The highest BCUT2D eigenvalue weighted by atomic mass is 79.9. The SMILES string of the molecule is Br.Br.Br.CCCO[SiH3]. The Balaban J connectivity index is -0.0000000267. The third kappa shape index (κ3) is 25.5. The maximum absolute atomic E-state index is 4.83. The lowest BCUT2D eigenvalue weighted by Gasteiger charge is -1.85. The van der Waals surface area contributed by atoms with Crippen LogP contribution in [0.15, 0.2) is 0 Å². The summed E-state index contributed by atoms with van der Waals surface area (Å²) < 4.78 is 4.83. The van der Waals surface area contributed by atoms with Crippen LogP contribution in [-0.2, 0) is 4.43 Å². The van der Waals surface area contributed by atoms with Gasteiger partial charge in [0.25, 0.3) is 0 Å². The Bertz CT molecular complexity index is 22.0. The van der Waals surface area contributed by atoms with Crippen molar-refractivity contribution in [2.45, 2.75) is 13.3 Å². The maximum Gasteiger partial charge on any atom is 0.145 e. The van der Waals surface area contributed by atoms with Crippen molar-refractivity contribution in [3.8, 4) is 0 Å². The Labute approximate surface area is 85.4 Å². The van der Waals surface area contributed by atoms with Crippen LogP contribution >= 0.6 is 50.9 Å². The highest BCUT2D eigenvalue weighted by Crippen LogP contribution is 1.69. The normalized spacial score (nSPS) is 5.62. The molecule has 0 saturated carbocycles. The molecule has 0 N–H and O–H groups in total. The molecule has 0 unspecified atom stereocenters. The van der Waals surface area contributed by atoms with E-state index in [2.05, 4.69) is 6.92 Å². The smallest absolute Gasteiger partial charge is 0.145 e. The van der Waals surface area contributed by atoms with Gasteiger partial charge in [-0.1, -0.05) is 6.92 Å². The van der Waals surface area contributed by atoms with Gasteiger partial charge >= 0.3 is 0 Å². The lowest BCUT2D eigenvalue weighted by atomic mass is 10.5. The Kier molecular flexibility index (Phi) is 66.4. The van der Waals surface area contributed by atoms with E-state index in [0.29, 0.717) is 0 Å². The van der Waals surface area contributed by atoms with Crippen molar-refractivity contribution in [2.24, 2.45) is 0 Å². The summed E-state index contributed by atoms with van der Waals surface area (Å²) in [6.07, 6.45) is 1.16. The molecule has 0 aliphatic carbocycles. The summed E-state index contributed by atoms with van der Waals surface area (Å²) in [6.45, 7) is 3.06. The standard InChI is InChI=1S/C3H10OSi.3BrH/c1-2-3-4-5;;;/h2-3H2,1,5H3;3*1H. The van der Waals surface area contributed by atoms with Gasteiger partial charge in [-0.05, 0) is 6.42 Å². The van der Waals surface area contributed by atoms with Crippen molar-refractivity contribution in [1.82, 2.24) is 0 Å². The van der Waals surface area contributed by atoms with Gasteiger partial charge in [-0.2, -0.15) is 0 Å². The zero-order chi connectivity index (χ0) is 4.12. The summed E-state index contributed by atoms with van der Waals surface area (Å²) in [5.41, 5.74) is 0. The van der Waals surface area contributed by atoms with E-state index in [0.717, 1.165) is 23.5 Å². The average Bonchev–Trinajstić information content (AvgIpc) is 1.41. The molecule has 0 fully saturated rings. The Morgan fingerprint density at radius 1 is 1.25 bits per heavy atom. The second-order valence-corrected chi connectivity index (χ2v) is 1.57. The molecule has 8 heavy (non-hydrogen) atoms. The first kappa shape index (κ1) is 22.6. The lowest BCUT2D eigenvalue weighted by Crippen LogP contribution is -1.83. The van der Waals surface area contributed by atoms with Crippen LogP contribution in [0, 0.1) is 0 Å². The van der Waals surface area contributed by atoms with E-state index >= 15 is 0 Å². The molecule has 0 aliphatic heterocycles. The van der Waals surface area contributed by atoms with Gasteiger partial charge in [0.2, 0.25) is 0 Å². The van der Waals surface area contributed by atoms with E-state index in [1.807, 2.05) is 0 Å². The predicted molar refractivity (Wildman–Crippen MR) is 57.1 cm³/mol. The molecule has 0 aromatic rings.